The standard InChI is InChI=1S/C20H34N4O3S.HI/c1-5-21-19(23-16-10-12-17(25)13-11-16)22-14-15-8-6-7-9-18(15)28(26,27)24-20(2,3)4;/h6-9,16-17,24-25H,5,10-14H2,1-4H3,(H2,21,22,23);1H. The number of nitrogens with one attached hydrogen (secondary N) is 3. The number of sulfonamides is 1. The predicted octanol–water partition coefficient (Wildman–Crippen LogP) is 2.74. The molecule has 1 aliphatic rings. The molecule has 9 heteroatoms. The molecule has 0 saturated heterocycles. The van der Waals surface area contributed by atoms with Gasteiger partial charge in [0.25, 0.3) is 0 Å². The first-order chi connectivity index (χ1) is 13.1. The topological polar surface area (TPSA) is 103 Å². The highest BCUT2D eigenvalue weighted by Crippen LogP contribution is 2.20. The van der Waals surface area contributed by atoms with Crippen molar-refractivity contribution in [1.82, 2.24) is 15.4 Å². The van der Waals surface area contributed by atoms with Crippen molar-refractivity contribution in [3.8, 4) is 0 Å². The Hall–Kier alpha value is -0.910. The molecule has 4 N–H and O–H groups in total. The first-order valence-electron chi connectivity index (χ1n) is 9.95. The first kappa shape index (κ1) is 26.1. The van der Waals surface area contributed by atoms with E-state index in [9.17, 15) is 13.5 Å². The Morgan fingerprint density at radius 1 is 1.17 bits per heavy atom. The van der Waals surface area contributed by atoms with Crippen molar-refractivity contribution < 1.29 is 13.5 Å². The van der Waals surface area contributed by atoms with Crippen LogP contribution in [0.25, 0.3) is 0 Å². The molecule has 1 aromatic carbocycles. The van der Waals surface area contributed by atoms with Gasteiger partial charge in [-0.3, -0.25) is 0 Å². The largest absolute Gasteiger partial charge is 0.393 e. The van der Waals surface area contributed by atoms with Crippen LogP contribution >= 0.6 is 24.0 Å². The predicted molar refractivity (Wildman–Crippen MR) is 128 cm³/mol. The number of nitrogens with zero attached hydrogens (tertiary/aromatic N) is 1. The van der Waals surface area contributed by atoms with Crippen LogP contribution in [0.3, 0.4) is 0 Å². The van der Waals surface area contributed by atoms with Gasteiger partial charge >= 0.3 is 0 Å². The zero-order valence-electron chi connectivity index (χ0n) is 17.7. The molecule has 1 saturated carbocycles. The Kier molecular flexibility index (Phi) is 10.3. The van der Waals surface area contributed by atoms with E-state index in [1.807, 2.05) is 33.8 Å². The second-order valence-electron chi connectivity index (χ2n) is 8.31. The lowest BCUT2D eigenvalue weighted by Gasteiger charge is -2.27. The molecule has 0 spiro atoms. The van der Waals surface area contributed by atoms with Crippen molar-refractivity contribution in [1.29, 1.82) is 0 Å². The Labute approximate surface area is 192 Å². The van der Waals surface area contributed by atoms with E-state index in [0.29, 0.717) is 18.1 Å². The maximum absolute atomic E-state index is 12.8. The molecule has 0 amide bonds. The lowest BCUT2D eigenvalue weighted by molar-refractivity contribution is 0.120. The highest BCUT2D eigenvalue weighted by Gasteiger charge is 2.24. The monoisotopic (exact) mass is 538 g/mol. The van der Waals surface area contributed by atoms with Crippen LogP contribution in [-0.4, -0.2) is 43.7 Å². The maximum atomic E-state index is 12.8. The van der Waals surface area contributed by atoms with E-state index in [4.69, 9.17) is 0 Å². The zero-order chi connectivity index (χ0) is 20.8. The van der Waals surface area contributed by atoms with Gasteiger partial charge in [-0.25, -0.2) is 18.1 Å². The summed E-state index contributed by atoms with van der Waals surface area (Å²) >= 11 is 0. The average molecular weight is 538 g/mol. The molecule has 1 aromatic rings. The molecular weight excluding hydrogens is 503 g/mol. The number of rotatable bonds is 6. The molecule has 1 aliphatic carbocycles. The van der Waals surface area contributed by atoms with Crippen LogP contribution in [-0.2, 0) is 16.6 Å². The Bertz CT molecular complexity index is 770. The van der Waals surface area contributed by atoms with Crippen LogP contribution in [0.1, 0.15) is 58.9 Å². The summed E-state index contributed by atoms with van der Waals surface area (Å²) in [5.74, 6) is 0.667. The van der Waals surface area contributed by atoms with Gasteiger partial charge in [0.15, 0.2) is 5.96 Å². The molecule has 2 rings (SSSR count). The van der Waals surface area contributed by atoms with E-state index in [1.165, 1.54) is 0 Å². The fourth-order valence-electron chi connectivity index (χ4n) is 3.25. The zero-order valence-corrected chi connectivity index (χ0v) is 20.9. The number of aliphatic imine (C=N–C) groups is 1. The van der Waals surface area contributed by atoms with Crippen LogP contribution in [0.2, 0.25) is 0 Å². The van der Waals surface area contributed by atoms with Gasteiger partial charge < -0.3 is 15.7 Å². The van der Waals surface area contributed by atoms with Crippen LogP contribution < -0.4 is 15.4 Å². The summed E-state index contributed by atoms with van der Waals surface area (Å²) in [7, 11) is -3.63. The molecule has 0 radical (unpaired) electrons. The number of guanidine groups is 1. The van der Waals surface area contributed by atoms with Gasteiger partial charge in [-0.05, 0) is 65.0 Å². The van der Waals surface area contributed by atoms with Gasteiger partial charge in [-0.1, -0.05) is 18.2 Å². The Morgan fingerprint density at radius 3 is 2.38 bits per heavy atom. The lowest BCUT2D eigenvalue weighted by atomic mass is 9.93. The van der Waals surface area contributed by atoms with Crippen molar-refractivity contribution in [2.75, 3.05) is 6.54 Å². The highest BCUT2D eigenvalue weighted by atomic mass is 127. The third-order valence-electron chi connectivity index (χ3n) is 4.49. The average Bonchev–Trinajstić information content (AvgIpc) is 2.60. The van der Waals surface area contributed by atoms with E-state index in [2.05, 4.69) is 20.3 Å². The molecule has 0 bridgehead atoms. The molecule has 0 aromatic heterocycles. The smallest absolute Gasteiger partial charge is 0.241 e. The molecule has 7 nitrogen and oxygen atoms in total. The van der Waals surface area contributed by atoms with Crippen molar-refractivity contribution in [3.05, 3.63) is 29.8 Å². The van der Waals surface area contributed by atoms with Crippen LogP contribution in [0.15, 0.2) is 34.2 Å². The van der Waals surface area contributed by atoms with Gasteiger partial charge in [0.2, 0.25) is 10.0 Å². The fraction of sp³-hybridized carbons (Fsp3) is 0.650. The molecule has 1 fully saturated rings. The number of halogens is 1. The van der Waals surface area contributed by atoms with Crippen molar-refractivity contribution in [2.45, 2.75) is 82.5 Å². The summed E-state index contributed by atoms with van der Waals surface area (Å²) in [6.07, 6.45) is 3.16. The number of aliphatic hydroxyl groups is 1. The van der Waals surface area contributed by atoms with Gasteiger partial charge in [0.1, 0.15) is 0 Å². The van der Waals surface area contributed by atoms with Crippen molar-refractivity contribution >= 4 is 40.0 Å². The minimum Gasteiger partial charge on any atom is -0.393 e. The first-order valence-corrected chi connectivity index (χ1v) is 11.4. The van der Waals surface area contributed by atoms with Crippen molar-refractivity contribution in [3.63, 3.8) is 0 Å². The summed E-state index contributed by atoms with van der Waals surface area (Å²) in [5, 5.41) is 16.3. The number of hydrogen-bond donors (Lipinski definition) is 4. The lowest BCUT2D eigenvalue weighted by Crippen LogP contribution is -2.45. The molecule has 0 heterocycles. The molecule has 0 unspecified atom stereocenters. The fourth-order valence-corrected chi connectivity index (χ4v) is 4.90. The SMILES string of the molecule is CCNC(=NCc1ccccc1S(=O)(=O)NC(C)(C)C)NC1CCC(O)CC1.I. The number of hydrogen-bond acceptors (Lipinski definition) is 4. The minimum absolute atomic E-state index is 0. The summed E-state index contributed by atoms with van der Waals surface area (Å²) in [4.78, 5) is 4.86. The van der Waals surface area contributed by atoms with Gasteiger partial charge in [-0.15, -0.1) is 24.0 Å². The summed E-state index contributed by atoms with van der Waals surface area (Å²) < 4.78 is 28.2. The van der Waals surface area contributed by atoms with Gasteiger partial charge in [0, 0.05) is 18.1 Å². The van der Waals surface area contributed by atoms with Gasteiger partial charge in [-0.2, -0.15) is 0 Å². The molecule has 0 aliphatic heterocycles. The van der Waals surface area contributed by atoms with E-state index < -0.39 is 15.6 Å². The van der Waals surface area contributed by atoms with Crippen molar-refractivity contribution in [2.24, 2.45) is 4.99 Å². The number of aliphatic hydroxyl groups excluding tert-OH is 1. The van der Waals surface area contributed by atoms with Crippen LogP contribution in [0.5, 0.6) is 0 Å². The van der Waals surface area contributed by atoms with E-state index in [-0.39, 0.29) is 47.6 Å². The Morgan fingerprint density at radius 2 is 1.79 bits per heavy atom. The summed E-state index contributed by atoms with van der Waals surface area (Å²) in [6, 6.07) is 7.22. The Balaban J connectivity index is 0.00000420. The second kappa shape index (κ2) is 11.5. The molecular formula is C20H35IN4O3S. The summed E-state index contributed by atoms with van der Waals surface area (Å²) in [6.45, 7) is 8.42. The minimum atomic E-state index is -3.63. The maximum Gasteiger partial charge on any atom is 0.241 e. The van der Waals surface area contributed by atoms with E-state index in [0.717, 1.165) is 25.7 Å². The van der Waals surface area contributed by atoms with Crippen LogP contribution in [0.4, 0.5) is 0 Å². The van der Waals surface area contributed by atoms with Crippen LogP contribution in [0, 0.1) is 0 Å². The highest BCUT2D eigenvalue weighted by molar-refractivity contribution is 14.0. The summed E-state index contributed by atoms with van der Waals surface area (Å²) in [5.41, 5.74) is 0.0903. The van der Waals surface area contributed by atoms with Gasteiger partial charge in [0.05, 0.1) is 17.5 Å². The third-order valence-corrected chi connectivity index (χ3v) is 6.35. The molecule has 0 atom stereocenters. The normalized spacial score (nSPS) is 20.7. The number of benzene rings is 1. The van der Waals surface area contributed by atoms with E-state index >= 15 is 0 Å². The third kappa shape index (κ3) is 8.77. The quantitative estimate of drug-likeness (QED) is 0.254. The van der Waals surface area contributed by atoms with E-state index in [1.54, 1.807) is 18.2 Å². The molecule has 29 heavy (non-hydrogen) atoms. The second-order valence-corrected chi connectivity index (χ2v) is 9.96. The molecule has 166 valence electrons.